The summed E-state index contributed by atoms with van der Waals surface area (Å²) in [5.74, 6) is -1.01. The Bertz CT molecular complexity index is 741. The first-order chi connectivity index (χ1) is 9.81. The molecule has 0 fully saturated rings. The van der Waals surface area contributed by atoms with Gasteiger partial charge in [0.25, 0.3) is 5.91 Å². The molecule has 0 saturated heterocycles. The van der Waals surface area contributed by atoms with Gasteiger partial charge < -0.3 is 10.4 Å². The van der Waals surface area contributed by atoms with Gasteiger partial charge in [0, 0.05) is 12.1 Å². The highest BCUT2D eigenvalue weighted by Crippen LogP contribution is 2.28. The summed E-state index contributed by atoms with van der Waals surface area (Å²) in [7, 11) is 1.50. The molecule has 0 saturated carbocycles. The molecule has 0 atom stereocenters. The number of halogens is 1. The Kier molecular flexibility index (Phi) is 3.81. The highest BCUT2D eigenvalue weighted by Gasteiger charge is 2.29. The SMILES string of the molecule is Cc1c([N+](=O)[O-])c(C(=O)Nc2cc(Cl)ccc2O)nn1C. The number of aromatic hydroxyl groups is 1. The second-order valence-electron chi connectivity index (χ2n) is 4.28. The predicted octanol–water partition coefficient (Wildman–Crippen LogP) is 2.25. The number of hydrogen-bond donors (Lipinski definition) is 2. The van der Waals surface area contributed by atoms with E-state index in [9.17, 15) is 20.0 Å². The number of anilines is 1. The average molecular weight is 311 g/mol. The molecule has 1 heterocycles. The molecule has 2 N–H and O–H groups in total. The van der Waals surface area contributed by atoms with Crippen LogP contribution in [0, 0.1) is 17.0 Å². The number of aromatic nitrogens is 2. The Hall–Kier alpha value is -2.61. The molecule has 0 aliphatic carbocycles. The topological polar surface area (TPSA) is 110 Å². The number of hydrogen-bond acceptors (Lipinski definition) is 5. The van der Waals surface area contributed by atoms with Gasteiger partial charge in [-0.05, 0) is 25.1 Å². The standard InChI is InChI=1S/C12H11ClN4O4/c1-6-11(17(20)21)10(15-16(6)2)12(19)14-8-5-7(13)3-4-9(8)18/h3-5,18H,1-2H3,(H,14,19). The van der Waals surface area contributed by atoms with E-state index in [1.54, 1.807) is 0 Å². The van der Waals surface area contributed by atoms with Crippen molar-refractivity contribution in [1.82, 2.24) is 9.78 Å². The van der Waals surface area contributed by atoms with Gasteiger partial charge in [0.05, 0.1) is 10.6 Å². The Labute approximate surface area is 124 Å². The van der Waals surface area contributed by atoms with Crippen LogP contribution < -0.4 is 5.32 Å². The molecular weight excluding hydrogens is 300 g/mol. The van der Waals surface area contributed by atoms with Gasteiger partial charge in [-0.15, -0.1) is 0 Å². The first-order valence-electron chi connectivity index (χ1n) is 5.79. The van der Waals surface area contributed by atoms with E-state index in [0.29, 0.717) is 5.02 Å². The van der Waals surface area contributed by atoms with Crippen molar-refractivity contribution in [1.29, 1.82) is 0 Å². The molecular formula is C12H11ClN4O4. The molecule has 0 spiro atoms. The van der Waals surface area contributed by atoms with Crippen LogP contribution in [0.1, 0.15) is 16.2 Å². The number of rotatable bonds is 3. The van der Waals surface area contributed by atoms with E-state index in [1.807, 2.05) is 0 Å². The molecule has 110 valence electrons. The second kappa shape index (κ2) is 5.41. The lowest BCUT2D eigenvalue weighted by atomic mass is 10.2. The molecule has 21 heavy (non-hydrogen) atoms. The zero-order valence-electron chi connectivity index (χ0n) is 11.1. The van der Waals surface area contributed by atoms with E-state index in [4.69, 9.17) is 11.6 Å². The van der Waals surface area contributed by atoms with Crippen LogP contribution in [0.4, 0.5) is 11.4 Å². The average Bonchev–Trinajstić information content (AvgIpc) is 2.70. The van der Waals surface area contributed by atoms with Crippen LogP contribution in [0.5, 0.6) is 5.75 Å². The number of nitro groups is 1. The van der Waals surface area contributed by atoms with Crippen LogP contribution >= 0.6 is 11.6 Å². The smallest absolute Gasteiger partial charge is 0.322 e. The summed E-state index contributed by atoms with van der Waals surface area (Å²) in [4.78, 5) is 22.5. The maximum absolute atomic E-state index is 12.1. The molecule has 0 radical (unpaired) electrons. The van der Waals surface area contributed by atoms with E-state index >= 15 is 0 Å². The van der Waals surface area contributed by atoms with E-state index in [0.717, 1.165) is 0 Å². The van der Waals surface area contributed by atoms with Crippen molar-refractivity contribution in [3.8, 4) is 5.75 Å². The summed E-state index contributed by atoms with van der Waals surface area (Å²) in [6.45, 7) is 1.48. The first kappa shape index (κ1) is 14.8. The molecule has 0 unspecified atom stereocenters. The first-order valence-corrected chi connectivity index (χ1v) is 6.17. The fourth-order valence-electron chi connectivity index (χ4n) is 1.76. The molecule has 8 nitrogen and oxygen atoms in total. The number of nitrogens with one attached hydrogen (secondary N) is 1. The van der Waals surface area contributed by atoms with Gasteiger partial charge in [-0.2, -0.15) is 5.10 Å². The zero-order chi connectivity index (χ0) is 15.7. The molecule has 0 aliphatic heterocycles. The van der Waals surface area contributed by atoms with Crippen LogP contribution in [-0.2, 0) is 7.05 Å². The van der Waals surface area contributed by atoms with Gasteiger partial charge in [0.15, 0.2) is 0 Å². The summed E-state index contributed by atoms with van der Waals surface area (Å²) in [5.41, 5.74) is -0.415. The second-order valence-corrected chi connectivity index (χ2v) is 4.72. The Morgan fingerprint density at radius 2 is 2.19 bits per heavy atom. The molecule has 2 rings (SSSR count). The molecule has 2 aromatic rings. The van der Waals surface area contributed by atoms with Crippen LogP contribution in [-0.4, -0.2) is 25.7 Å². The largest absolute Gasteiger partial charge is 0.506 e. The van der Waals surface area contributed by atoms with E-state index in [-0.39, 0.29) is 28.5 Å². The van der Waals surface area contributed by atoms with Crippen molar-refractivity contribution >= 4 is 28.9 Å². The number of benzene rings is 1. The van der Waals surface area contributed by atoms with Crippen molar-refractivity contribution in [2.45, 2.75) is 6.92 Å². The van der Waals surface area contributed by atoms with Crippen LogP contribution in [0.3, 0.4) is 0 Å². The number of aryl methyl sites for hydroxylation is 1. The number of nitrogens with zero attached hydrogens (tertiary/aromatic N) is 3. The Morgan fingerprint density at radius 3 is 2.81 bits per heavy atom. The van der Waals surface area contributed by atoms with Crippen molar-refractivity contribution in [3.63, 3.8) is 0 Å². The highest BCUT2D eigenvalue weighted by atomic mass is 35.5. The van der Waals surface area contributed by atoms with E-state index < -0.39 is 10.8 Å². The van der Waals surface area contributed by atoms with Crippen LogP contribution in [0.2, 0.25) is 5.02 Å². The number of carbonyl (C=O) groups is 1. The molecule has 1 aromatic heterocycles. The molecule has 9 heteroatoms. The number of phenols is 1. The lowest BCUT2D eigenvalue weighted by molar-refractivity contribution is -0.385. The minimum absolute atomic E-state index is 0.0464. The Morgan fingerprint density at radius 1 is 1.52 bits per heavy atom. The van der Waals surface area contributed by atoms with Gasteiger partial charge in [0.1, 0.15) is 11.4 Å². The van der Waals surface area contributed by atoms with Crippen molar-refractivity contribution in [3.05, 3.63) is 44.7 Å². The lowest BCUT2D eigenvalue weighted by Crippen LogP contribution is -2.14. The van der Waals surface area contributed by atoms with Crippen LogP contribution in [0.25, 0.3) is 0 Å². The van der Waals surface area contributed by atoms with Crippen molar-refractivity contribution < 1.29 is 14.8 Å². The summed E-state index contributed by atoms with van der Waals surface area (Å²) < 4.78 is 1.24. The number of phenolic OH excluding ortho intramolecular Hbond substituents is 1. The fraction of sp³-hybridized carbons (Fsp3) is 0.167. The zero-order valence-corrected chi connectivity index (χ0v) is 11.9. The molecule has 1 aromatic carbocycles. The Balaban J connectivity index is 2.39. The van der Waals surface area contributed by atoms with Gasteiger partial charge in [-0.1, -0.05) is 11.6 Å². The lowest BCUT2D eigenvalue weighted by Gasteiger charge is -2.06. The minimum atomic E-state index is -0.803. The van der Waals surface area contributed by atoms with E-state index in [2.05, 4.69) is 10.4 Å². The summed E-state index contributed by atoms with van der Waals surface area (Å²) >= 11 is 5.77. The third-order valence-corrected chi connectivity index (χ3v) is 3.14. The van der Waals surface area contributed by atoms with Crippen molar-refractivity contribution in [2.75, 3.05) is 5.32 Å². The third-order valence-electron chi connectivity index (χ3n) is 2.91. The summed E-state index contributed by atoms with van der Waals surface area (Å²) in [6, 6.07) is 4.08. The van der Waals surface area contributed by atoms with Gasteiger partial charge >= 0.3 is 5.69 Å². The van der Waals surface area contributed by atoms with Crippen molar-refractivity contribution in [2.24, 2.45) is 7.05 Å². The van der Waals surface area contributed by atoms with Crippen LogP contribution in [0.15, 0.2) is 18.2 Å². The monoisotopic (exact) mass is 310 g/mol. The van der Waals surface area contributed by atoms with E-state index in [1.165, 1.54) is 36.9 Å². The molecule has 0 bridgehead atoms. The third kappa shape index (κ3) is 2.79. The molecule has 0 aliphatic rings. The number of carbonyl (C=O) groups excluding carboxylic acids is 1. The van der Waals surface area contributed by atoms with Gasteiger partial charge in [0.2, 0.25) is 5.69 Å². The predicted molar refractivity (Wildman–Crippen MR) is 75.7 cm³/mol. The summed E-state index contributed by atoms with van der Waals surface area (Å²) in [6.07, 6.45) is 0. The summed E-state index contributed by atoms with van der Waals surface area (Å²) in [5, 5.41) is 27.1. The normalized spacial score (nSPS) is 10.4. The fourth-order valence-corrected chi connectivity index (χ4v) is 1.93. The highest BCUT2D eigenvalue weighted by molar-refractivity contribution is 6.31. The number of amides is 1. The minimum Gasteiger partial charge on any atom is -0.506 e. The van der Waals surface area contributed by atoms with Gasteiger partial charge in [-0.25, -0.2) is 0 Å². The van der Waals surface area contributed by atoms with Gasteiger partial charge in [-0.3, -0.25) is 19.6 Å². The maximum atomic E-state index is 12.1. The quantitative estimate of drug-likeness (QED) is 0.513. The maximum Gasteiger partial charge on any atom is 0.322 e. The molecule has 1 amide bonds.